The summed E-state index contributed by atoms with van der Waals surface area (Å²) < 4.78 is 36.9. The number of anilines is 1. The Balaban J connectivity index is 2.78. The van der Waals surface area contributed by atoms with Crippen LogP contribution in [-0.4, -0.2) is 33.7 Å². The molecular weight excluding hydrogens is 263 g/mol. The van der Waals surface area contributed by atoms with Gasteiger partial charge in [0.15, 0.2) is 6.10 Å². The van der Waals surface area contributed by atoms with E-state index in [1.165, 1.54) is 7.05 Å². The minimum Gasteiger partial charge on any atom is -0.382 e. The van der Waals surface area contributed by atoms with Crippen LogP contribution in [0.2, 0.25) is 5.02 Å². The van der Waals surface area contributed by atoms with Crippen LogP contribution in [0.3, 0.4) is 0 Å². The molecule has 9 heteroatoms. The summed E-state index contributed by atoms with van der Waals surface area (Å²) >= 11 is 5.60. The van der Waals surface area contributed by atoms with Gasteiger partial charge < -0.3 is 10.4 Å². The van der Waals surface area contributed by atoms with E-state index in [9.17, 15) is 18.0 Å². The van der Waals surface area contributed by atoms with Crippen molar-refractivity contribution in [3.8, 4) is 0 Å². The Labute approximate surface area is 98.8 Å². The minimum atomic E-state index is -4.73. The van der Waals surface area contributed by atoms with Gasteiger partial charge >= 0.3 is 6.18 Å². The van der Waals surface area contributed by atoms with Crippen LogP contribution < -0.4 is 10.9 Å². The molecule has 2 N–H and O–H groups in total. The Hall–Kier alpha value is -1.28. The molecule has 96 valence electrons. The number of aryl methyl sites for hydroxylation is 1. The largest absolute Gasteiger partial charge is 0.416 e. The maximum atomic E-state index is 12.0. The van der Waals surface area contributed by atoms with Gasteiger partial charge in [-0.1, -0.05) is 11.6 Å². The molecule has 5 nitrogen and oxygen atoms in total. The molecular formula is C8H9ClF3N3O2. The van der Waals surface area contributed by atoms with Gasteiger partial charge in [-0.3, -0.25) is 4.79 Å². The number of aliphatic hydroxyl groups is 1. The van der Waals surface area contributed by atoms with Gasteiger partial charge in [-0.2, -0.15) is 18.3 Å². The van der Waals surface area contributed by atoms with Crippen LogP contribution in [0.15, 0.2) is 11.0 Å². The second-order valence-electron chi connectivity index (χ2n) is 3.24. The maximum Gasteiger partial charge on any atom is 0.416 e. The van der Waals surface area contributed by atoms with E-state index in [0.717, 1.165) is 10.9 Å². The van der Waals surface area contributed by atoms with E-state index < -0.39 is 24.4 Å². The van der Waals surface area contributed by atoms with Gasteiger partial charge in [-0.05, 0) is 0 Å². The molecule has 0 bridgehead atoms. The summed E-state index contributed by atoms with van der Waals surface area (Å²) in [6, 6.07) is 0. The van der Waals surface area contributed by atoms with Crippen molar-refractivity contribution >= 4 is 17.3 Å². The summed E-state index contributed by atoms with van der Waals surface area (Å²) in [7, 11) is 1.35. The van der Waals surface area contributed by atoms with E-state index in [0.29, 0.717) is 0 Å². The highest BCUT2D eigenvalue weighted by molar-refractivity contribution is 6.32. The maximum absolute atomic E-state index is 12.0. The Morgan fingerprint density at radius 3 is 2.76 bits per heavy atom. The average molecular weight is 272 g/mol. The number of aliphatic hydroxyl groups excluding tert-OH is 1. The van der Waals surface area contributed by atoms with Crippen molar-refractivity contribution in [2.24, 2.45) is 7.05 Å². The minimum absolute atomic E-state index is 0.0573. The summed E-state index contributed by atoms with van der Waals surface area (Å²) in [6.45, 7) is -0.807. The van der Waals surface area contributed by atoms with Crippen LogP contribution in [-0.2, 0) is 7.05 Å². The topological polar surface area (TPSA) is 67.2 Å². The Morgan fingerprint density at radius 1 is 1.65 bits per heavy atom. The zero-order valence-electron chi connectivity index (χ0n) is 8.62. The molecule has 0 amide bonds. The summed E-state index contributed by atoms with van der Waals surface area (Å²) in [5, 5.41) is 14.2. The lowest BCUT2D eigenvalue weighted by Gasteiger charge is -2.16. The fourth-order valence-electron chi connectivity index (χ4n) is 0.956. The fourth-order valence-corrected chi connectivity index (χ4v) is 1.19. The molecule has 0 spiro atoms. The second kappa shape index (κ2) is 4.92. The monoisotopic (exact) mass is 271 g/mol. The van der Waals surface area contributed by atoms with Crippen molar-refractivity contribution in [3.63, 3.8) is 0 Å². The first-order chi connectivity index (χ1) is 7.73. The first-order valence-corrected chi connectivity index (χ1v) is 4.81. The molecule has 0 aliphatic rings. The zero-order chi connectivity index (χ0) is 13.2. The SMILES string of the molecule is Cn1ncc(NCC(O)C(F)(F)F)c(Cl)c1=O. The number of nitrogens with one attached hydrogen (secondary N) is 1. The van der Waals surface area contributed by atoms with E-state index >= 15 is 0 Å². The third-order valence-electron chi connectivity index (χ3n) is 1.94. The highest BCUT2D eigenvalue weighted by Gasteiger charge is 2.37. The summed E-state index contributed by atoms with van der Waals surface area (Å²) in [4.78, 5) is 11.3. The predicted octanol–water partition coefficient (Wildman–Crippen LogP) is 0.769. The molecule has 0 aliphatic heterocycles. The van der Waals surface area contributed by atoms with Crippen LogP contribution in [0.25, 0.3) is 0 Å². The standard InChI is InChI=1S/C8H9ClF3N3O2/c1-15-7(17)6(9)4(2-14-15)13-3-5(16)8(10,11)12/h2,5,13,16H,3H2,1H3. The number of rotatable bonds is 3. The summed E-state index contributed by atoms with van der Waals surface area (Å²) in [6.07, 6.45) is -6.16. The molecule has 0 aromatic carbocycles. The number of nitrogens with zero attached hydrogens (tertiary/aromatic N) is 2. The number of alkyl halides is 3. The van der Waals surface area contributed by atoms with E-state index in [4.69, 9.17) is 16.7 Å². The van der Waals surface area contributed by atoms with E-state index in [-0.39, 0.29) is 10.7 Å². The van der Waals surface area contributed by atoms with Crippen LogP contribution in [0.4, 0.5) is 18.9 Å². The van der Waals surface area contributed by atoms with Crippen molar-refractivity contribution in [3.05, 3.63) is 21.6 Å². The Bertz CT molecular complexity index is 460. The summed E-state index contributed by atoms with van der Waals surface area (Å²) in [5.41, 5.74) is -0.698. The molecule has 0 radical (unpaired) electrons. The second-order valence-corrected chi connectivity index (χ2v) is 3.62. The van der Waals surface area contributed by atoms with Gasteiger partial charge in [0, 0.05) is 13.6 Å². The van der Waals surface area contributed by atoms with Crippen molar-refractivity contribution in [1.29, 1.82) is 0 Å². The van der Waals surface area contributed by atoms with E-state index in [1.807, 2.05) is 0 Å². The van der Waals surface area contributed by atoms with Gasteiger partial charge in [0.25, 0.3) is 5.56 Å². The highest BCUT2D eigenvalue weighted by Crippen LogP contribution is 2.21. The molecule has 0 saturated carbocycles. The van der Waals surface area contributed by atoms with Crippen molar-refractivity contribution in [2.45, 2.75) is 12.3 Å². The van der Waals surface area contributed by atoms with E-state index in [2.05, 4.69) is 10.4 Å². The fraction of sp³-hybridized carbons (Fsp3) is 0.500. The lowest BCUT2D eigenvalue weighted by atomic mass is 10.3. The molecule has 1 atom stereocenters. The van der Waals surface area contributed by atoms with Gasteiger partial charge in [0.05, 0.1) is 11.9 Å². The van der Waals surface area contributed by atoms with Crippen LogP contribution >= 0.6 is 11.6 Å². The molecule has 1 aromatic rings. The number of hydrogen-bond donors (Lipinski definition) is 2. The van der Waals surface area contributed by atoms with Crippen molar-refractivity contribution in [1.82, 2.24) is 9.78 Å². The van der Waals surface area contributed by atoms with Gasteiger partial charge in [-0.25, -0.2) is 4.68 Å². The molecule has 17 heavy (non-hydrogen) atoms. The normalized spacial score (nSPS) is 13.5. The Kier molecular flexibility index (Phi) is 3.99. The van der Waals surface area contributed by atoms with Gasteiger partial charge in [0.2, 0.25) is 0 Å². The molecule has 1 aromatic heterocycles. The molecule has 1 rings (SSSR count). The molecule has 0 aliphatic carbocycles. The van der Waals surface area contributed by atoms with Crippen LogP contribution in [0, 0.1) is 0 Å². The highest BCUT2D eigenvalue weighted by atomic mass is 35.5. The number of aromatic nitrogens is 2. The van der Waals surface area contributed by atoms with Crippen LogP contribution in [0.1, 0.15) is 0 Å². The van der Waals surface area contributed by atoms with E-state index in [1.54, 1.807) is 0 Å². The quantitative estimate of drug-likeness (QED) is 0.852. The average Bonchev–Trinajstić information content (AvgIpc) is 2.23. The Morgan fingerprint density at radius 2 is 2.24 bits per heavy atom. The smallest absolute Gasteiger partial charge is 0.382 e. The first-order valence-electron chi connectivity index (χ1n) is 4.44. The van der Waals surface area contributed by atoms with Gasteiger partial charge in [0.1, 0.15) is 5.02 Å². The molecule has 1 heterocycles. The third-order valence-corrected chi connectivity index (χ3v) is 2.31. The molecule has 0 saturated heterocycles. The number of hydrogen-bond acceptors (Lipinski definition) is 4. The lowest BCUT2D eigenvalue weighted by molar-refractivity contribution is -0.198. The number of halogens is 4. The van der Waals surface area contributed by atoms with Crippen molar-refractivity contribution < 1.29 is 18.3 Å². The zero-order valence-corrected chi connectivity index (χ0v) is 9.38. The molecule has 1 unspecified atom stereocenters. The molecule has 0 fully saturated rings. The van der Waals surface area contributed by atoms with Crippen LogP contribution in [0.5, 0.6) is 0 Å². The predicted molar refractivity (Wildman–Crippen MR) is 55.0 cm³/mol. The summed E-state index contributed by atoms with van der Waals surface area (Å²) in [5.74, 6) is 0. The lowest BCUT2D eigenvalue weighted by Crippen LogP contribution is -2.35. The van der Waals surface area contributed by atoms with Gasteiger partial charge in [-0.15, -0.1) is 0 Å². The van der Waals surface area contributed by atoms with Crippen molar-refractivity contribution in [2.75, 3.05) is 11.9 Å². The first kappa shape index (κ1) is 13.8. The third kappa shape index (κ3) is 3.34.